The number of carbonyl (C=O) groups is 3. The molecule has 62 heavy (non-hydrogen) atoms. The van der Waals surface area contributed by atoms with Gasteiger partial charge in [0.25, 0.3) is 0 Å². The zero-order valence-corrected chi connectivity index (χ0v) is 33.9. The van der Waals surface area contributed by atoms with E-state index in [1.54, 1.807) is 17.0 Å². The molecule has 13 nitrogen and oxygen atoms in total. The number of ether oxygens (including phenoxy) is 1. The standard InChI is InChI=1S/C47H54N6O7.2CH4/c1-52(45(58)21-23-53-29-33-25-36(26-34(33)30-53)60-47(59)50-40-15-6-5-14-37(40)32-11-3-2-4-12-32)22-8-7-16-43(56)49-35-13-9-10-31(24-35)27-48-28-42(55)38-17-19-41(54)46-39(38)18-20-44(57)51-46;;/h2-6,9-15,17-20,24,33-34,36,42,48,54-55H,7-8,16,21-23,25-30H2,1H3,(H,49,56)(H,50,59)(H,51,57);2*1H4. The third kappa shape index (κ3) is 12.3. The first-order valence-electron chi connectivity index (χ1n) is 20.8. The van der Waals surface area contributed by atoms with Crippen LogP contribution in [0.5, 0.6) is 5.75 Å². The number of pyridine rings is 1. The van der Waals surface area contributed by atoms with Crippen LogP contribution in [0.3, 0.4) is 0 Å². The van der Waals surface area contributed by atoms with E-state index in [0.29, 0.717) is 67.4 Å². The van der Waals surface area contributed by atoms with Crippen LogP contribution in [0.25, 0.3) is 22.0 Å². The van der Waals surface area contributed by atoms with Crippen molar-refractivity contribution in [1.29, 1.82) is 0 Å². The van der Waals surface area contributed by atoms with Gasteiger partial charge in [-0.1, -0.05) is 81.6 Å². The van der Waals surface area contributed by atoms with Crippen LogP contribution in [0.15, 0.2) is 108 Å². The number of H-pyrrole nitrogens is 1. The maximum atomic E-state index is 13.0. The van der Waals surface area contributed by atoms with E-state index in [1.807, 2.05) is 85.9 Å². The van der Waals surface area contributed by atoms with E-state index in [-0.39, 0.29) is 56.1 Å². The zero-order chi connectivity index (χ0) is 42.0. The average molecular weight is 847 g/mol. The number of carbonyl (C=O) groups excluding carboxylic acids is 3. The molecular formula is C49H62N6O7. The van der Waals surface area contributed by atoms with Crippen LogP contribution >= 0.6 is 0 Å². The predicted molar refractivity (Wildman–Crippen MR) is 246 cm³/mol. The largest absolute Gasteiger partial charge is 0.506 e. The van der Waals surface area contributed by atoms with Crippen molar-refractivity contribution in [3.63, 3.8) is 0 Å². The predicted octanol–water partition coefficient (Wildman–Crippen LogP) is 7.91. The summed E-state index contributed by atoms with van der Waals surface area (Å²) >= 11 is 0. The van der Waals surface area contributed by atoms with Gasteiger partial charge in [-0.15, -0.1) is 0 Å². The number of aromatic hydroxyl groups is 1. The van der Waals surface area contributed by atoms with Crippen molar-refractivity contribution < 1.29 is 29.3 Å². The maximum absolute atomic E-state index is 13.0. The number of aromatic nitrogens is 1. The third-order valence-corrected chi connectivity index (χ3v) is 11.7. The molecule has 2 aliphatic rings. The van der Waals surface area contributed by atoms with Gasteiger partial charge in [0, 0.05) is 81.9 Å². The molecule has 2 heterocycles. The lowest BCUT2D eigenvalue weighted by molar-refractivity contribution is -0.130. The second-order valence-corrected chi connectivity index (χ2v) is 16.0. The van der Waals surface area contributed by atoms with Crippen LogP contribution in [0.2, 0.25) is 0 Å². The fourth-order valence-electron chi connectivity index (χ4n) is 8.57. The second kappa shape index (κ2) is 22.2. The molecule has 5 aromatic rings. The van der Waals surface area contributed by atoms with Crippen molar-refractivity contribution in [2.24, 2.45) is 11.8 Å². The molecule has 1 aromatic heterocycles. The molecule has 6 N–H and O–H groups in total. The summed E-state index contributed by atoms with van der Waals surface area (Å²) in [5, 5.41) is 30.7. The monoisotopic (exact) mass is 846 g/mol. The minimum atomic E-state index is -0.879. The summed E-state index contributed by atoms with van der Waals surface area (Å²) in [5.74, 6) is 0.838. The summed E-state index contributed by atoms with van der Waals surface area (Å²) in [4.78, 5) is 57.0. The highest BCUT2D eigenvalue weighted by atomic mass is 16.6. The van der Waals surface area contributed by atoms with Gasteiger partial charge in [0.2, 0.25) is 17.4 Å². The Morgan fingerprint density at radius 3 is 2.39 bits per heavy atom. The van der Waals surface area contributed by atoms with Gasteiger partial charge in [-0.25, -0.2) is 4.79 Å². The smallest absolute Gasteiger partial charge is 0.411 e. The Hall–Kier alpha value is -6.02. The molecule has 1 saturated heterocycles. The molecule has 3 amide bonds. The quantitative estimate of drug-likeness (QED) is 0.0508. The van der Waals surface area contributed by atoms with E-state index in [1.165, 1.54) is 12.1 Å². The van der Waals surface area contributed by atoms with Crippen molar-refractivity contribution in [3.8, 4) is 16.9 Å². The van der Waals surface area contributed by atoms with Gasteiger partial charge in [0.05, 0.1) is 17.3 Å². The molecule has 1 aliphatic heterocycles. The number of aliphatic hydroxyl groups is 1. The molecule has 3 atom stereocenters. The number of unbranched alkanes of at least 4 members (excludes halogenated alkanes) is 1. The molecule has 0 radical (unpaired) electrons. The number of fused-ring (bicyclic) bond motifs is 2. The maximum Gasteiger partial charge on any atom is 0.411 e. The number of hydrogen-bond acceptors (Lipinski definition) is 9. The SMILES string of the molecule is C.C.CN(CCCCC(=O)Nc1cccc(CNCC(O)c2ccc(O)c3[nH]c(=O)ccc23)c1)C(=O)CCN1CC2CC(OC(=O)Nc3ccccc3-c3ccccc3)CC2C1. The van der Waals surface area contributed by atoms with Crippen LogP contribution in [0.4, 0.5) is 16.2 Å². The lowest BCUT2D eigenvalue weighted by Gasteiger charge is -2.21. The number of nitrogens with one attached hydrogen (secondary N) is 4. The number of benzene rings is 4. The normalized spacial score (nSPS) is 17.3. The van der Waals surface area contributed by atoms with Crippen LogP contribution in [0, 0.1) is 11.8 Å². The van der Waals surface area contributed by atoms with Gasteiger partial charge in [-0.05, 0) is 84.5 Å². The van der Waals surface area contributed by atoms with Crippen LogP contribution < -0.4 is 21.5 Å². The summed E-state index contributed by atoms with van der Waals surface area (Å²) < 4.78 is 5.87. The van der Waals surface area contributed by atoms with Crippen molar-refractivity contribution in [2.75, 3.05) is 50.4 Å². The van der Waals surface area contributed by atoms with Gasteiger partial charge in [-0.3, -0.25) is 19.7 Å². The number of phenols is 1. The zero-order valence-electron chi connectivity index (χ0n) is 33.9. The highest BCUT2D eigenvalue weighted by Crippen LogP contribution is 2.40. The van der Waals surface area contributed by atoms with E-state index in [0.717, 1.165) is 54.7 Å². The Bertz CT molecular complexity index is 2320. The first-order chi connectivity index (χ1) is 29.1. The van der Waals surface area contributed by atoms with Crippen LogP contribution in [0.1, 0.15) is 70.6 Å². The Morgan fingerprint density at radius 1 is 0.871 bits per heavy atom. The summed E-state index contributed by atoms with van der Waals surface area (Å²) in [6.07, 6.45) is 2.39. The summed E-state index contributed by atoms with van der Waals surface area (Å²) in [6.45, 7) is 3.78. The Kier molecular flexibility index (Phi) is 16.8. The van der Waals surface area contributed by atoms with Crippen molar-refractivity contribution >= 4 is 40.2 Å². The minimum Gasteiger partial charge on any atom is -0.506 e. The fraction of sp³-hybridized carbons (Fsp3) is 0.388. The number of likely N-dealkylation sites (tertiary alicyclic amines) is 1. The number of hydrogen-bond donors (Lipinski definition) is 6. The number of para-hydroxylation sites is 1. The summed E-state index contributed by atoms with van der Waals surface area (Å²) in [7, 11) is 1.82. The molecule has 7 rings (SSSR count). The summed E-state index contributed by atoms with van der Waals surface area (Å²) in [6, 6.07) is 31.2. The Labute approximate surface area is 364 Å². The lowest BCUT2D eigenvalue weighted by Crippen LogP contribution is -2.33. The first-order valence-corrected chi connectivity index (χ1v) is 20.8. The Morgan fingerprint density at radius 2 is 1.61 bits per heavy atom. The van der Waals surface area contributed by atoms with E-state index in [9.17, 15) is 29.4 Å². The molecule has 0 bridgehead atoms. The number of aliphatic hydroxyl groups excluding tert-OH is 1. The molecule has 13 heteroatoms. The second-order valence-electron chi connectivity index (χ2n) is 16.0. The van der Waals surface area contributed by atoms with Gasteiger partial charge < -0.3 is 40.4 Å². The van der Waals surface area contributed by atoms with Gasteiger partial charge in [0.15, 0.2) is 0 Å². The van der Waals surface area contributed by atoms with E-state index >= 15 is 0 Å². The number of anilines is 2. The molecule has 1 saturated carbocycles. The summed E-state index contributed by atoms with van der Waals surface area (Å²) in [5.41, 5.74) is 4.84. The Balaban J connectivity index is 0.00000363. The molecule has 330 valence electrons. The van der Waals surface area contributed by atoms with E-state index in [4.69, 9.17) is 4.74 Å². The van der Waals surface area contributed by atoms with Crippen LogP contribution in [-0.4, -0.2) is 88.8 Å². The van der Waals surface area contributed by atoms with Gasteiger partial charge >= 0.3 is 6.09 Å². The highest BCUT2D eigenvalue weighted by Gasteiger charge is 2.42. The molecular weight excluding hydrogens is 785 g/mol. The molecule has 4 aromatic carbocycles. The molecule has 3 unspecified atom stereocenters. The number of phenolic OH excluding ortho intramolecular Hbond substituents is 1. The lowest BCUT2D eigenvalue weighted by atomic mass is 10.0. The van der Waals surface area contributed by atoms with Crippen LogP contribution in [-0.2, 0) is 20.9 Å². The van der Waals surface area contributed by atoms with Crippen molar-refractivity contribution in [3.05, 3.63) is 125 Å². The average Bonchev–Trinajstić information content (AvgIpc) is 3.80. The van der Waals surface area contributed by atoms with Gasteiger partial charge in [0.1, 0.15) is 11.9 Å². The minimum absolute atomic E-state index is 0. The highest BCUT2D eigenvalue weighted by molar-refractivity contribution is 5.92. The van der Waals surface area contributed by atoms with Crippen molar-refractivity contribution in [1.82, 2.24) is 20.1 Å². The number of rotatable bonds is 17. The van der Waals surface area contributed by atoms with Gasteiger partial charge in [-0.2, -0.15) is 0 Å². The number of nitrogens with zero attached hydrogens (tertiary/aromatic N) is 2. The van der Waals surface area contributed by atoms with Crippen molar-refractivity contribution in [2.45, 2.75) is 72.1 Å². The third-order valence-electron chi connectivity index (χ3n) is 11.7. The fourth-order valence-corrected chi connectivity index (χ4v) is 8.57. The first kappa shape index (κ1) is 47.0. The molecule has 0 spiro atoms. The molecule has 1 aliphatic carbocycles. The number of amides is 3. The van der Waals surface area contributed by atoms with E-state index in [2.05, 4.69) is 25.8 Å². The molecule has 2 fully saturated rings. The van der Waals surface area contributed by atoms with E-state index < -0.39 is 12.2 Å². The number of aromatic amines is 1. The topological polar surface area (TPSA) is 176 Å².